The Hall–Kier alpha value is -4.25. The van der Waals surface area contributed by atoms with Crippen molar-refractivity contribution in [3.05, 3.63) is 47.3 Å². The van der Waals surface area contributed by atoms with E-state index in [1.54, 1.807) is 39.0 Å². The largest absolute Gasteiger partial charge is 0.444 e. The number of alkyl carbamates (subject to hydrolysis) is 1. The first-order valence-electron chi connectivity index (χ1n) is 17.3. The Morgan fingerprint density at radius 1 is 1.08 bits per heavy atom. The molecular formula is C34H45FN6O9S. The number of carbonyl (C=O) groups is 5. The van der Waals surface area contributed by atoms with Crippen LogP contribution in [0.5, 0.6) is 0 Å². The summed E-state index contributed by atoms with van der Waals surface area (Å²) in [5, 5.41) is 7.95. The Labute approximate surface area is 296 Å². The average Bonchev–Trinajstić information content (AvgIpc) is 3.93. The van der Waals surface area contributed by atoms with E-state index in [2.05, 4.69) is 20.7 Å². The Morgan fingerprint density at radius 3 is 2.55 bits per heavy atom. The summed E-state index contributed by atoms with van der Waals surface area (Å²) in [5.74, 6) is -3.17. The van der Waals surface area contributed by atoms with Crippen LogP contribution in [0.15, 0.2) is 30.4 Å². The van der Waals surface area contributed by atoms with Crippen LogP contribution in [-0.4, -0.2) is 102 Å². The topological polar surface area (TPSA) is 193 Å². The lowest BCUT2D eigenvalue weighted by Crippen LogP contribution is -2.58. The van der Waals surface area contributed by atoms with Crippen molar-refractivity contribution in [2.75, 3.05) is 19.6 Å². The zero-order valence-corrected chi connectivity index (χ0v) is 29.7. The van der Waals surface area contributed by atoms with Gasteiger partial charge in [-0.3, -0.25) is 24.0 Å². The number of halogens is 1. The van der Waals surface area contributed by atoms with Crippen LogP contribution < -0.4 is 20.7 Å². The van der Waals surface area contributed by atoms with E-state index in [0.717, 1.165) is 0 Å². The standard InChI is InChI=1S/C34H45FN6O9S/c1-33(2,3)50-31(45)37-26-12-14-36-13-5-4-8-21-16-34(21,30(44)39-51(47,48)23-10-11-23)38-28(42)27-15-22(18-41(27)29(26)43)49-32(46)40-17-20-7-6-9-25(35)24(20)19-40/h4,6-9,21-23,26-27,36H,5,10-19H2,1-3H3,(H,37,45)(H,38,42)(H,39,44)/b8-4-/t21-,22+,26-,27-,34+/m0/s1. The highest BCUT2D eigenvalue weighted by atomic mass is 32.2. The monoisotopic (exact) mass is 732 g/mol. The summed E-state index contributed by atoms with van der Waals surface area (Å²) >= 11 is 0. The van der Waals surface area contributed by atoms with Gasteiger partial charge in [0, 0.05) is 24.4 Å². The second kappa shape index (κ2) is 14.1. The molecule has 3 aliphatic heterocycles. The van der Waals surface area contributed by atoms with Crippen molar-refractivity contribution in [3.8, 4) is 0 Å². The summed E-state index contributed by atoms with van der Waals surface area (Å²) < 4.78 is 53.2. The van der Waals surface area contributed by atoms with E-state index in [-0.39, 0.29) is 38.9 Å². The van der Waals surface area contributed by atoms with E-state index < -0.39 is 86.2 Å². The number of benzene rings is 1. The van der Waals surface area contributed by atoms with Crippen LogP contribution in [0.4, 0.5) is 14.0 Å². The van der Waals surface area contributed by atoms with E-state index in [1.165, 1.54) is 15.9 Å². The first kappa shape index (κ1) is 36.5. The molecule has 5 aliphatic rings. The smallest absolute Gasteiger partial charge is 0.410 e. The number of nitrogens with zero attached hydrogens (tertiary/aromatic N) is 2. The van der Waals surface area contributed by atoms with E-state index in [1.807, 2.05) is 6.08 Å². The third-order valence-corrected chi connectivity index (χ3v) is 11.5. The SMILES string of the molecule is CC(C)(C)OC(=O)N[C@H]1CCNCC/C=C\[C@H]2C[C@@]2(C(=O)NS(=O)(=O)C2CC2)NC(=O)[C@@H]2C[C@@H](OC(=O)N3Cc4cccc(F)c4C3)CN2C1=O. The van der Waals surface area contributed by atoms with Gasteiger partial charge in [0.2, 0.25) is 21.8 Å². The van der Waals surface area contributed by atoms with E-state index >= 15 is 0 Å². The molecule has 0 aromatic heterocycles. The third-order valence-electron chi connectivity index (χ3n) is 9.72. The van der Waals surface area contributed by atoms with E-state index in [0.29, 0.717) is 43.5 Å². The highest BCUT2D eigenvalue weighted by Crippen LogP contribution is 2.46. The maximum absolute atomic E-state index is 14.4. The van der Waals surface area contributed by atoms with Gasteiger partial charge in [-0.25, -0.2) is 22.4 Å². The molecule has 4 N–H and O–H groups in total. The summed E-state index contributed by atoms with van der Waals surface area (Å²) in [4.78, 5) is 70.7. The van der Waals surface area contributed by atoms with Gasteiger partial charge in [-0.15, -0.1) is 0 Å². The number of ether oxygens (including phenoxy) is 2. The average molecular weight is 733 g/mol. The molecule has 51 heavy (non-hydrogen) atoms. The third kappa shape index (κ3) is 8.29. The lowest BCUT2D eigenvalue weighted by molar-refractivity contribution is -0.141. The highest BCUT2D eigenvalue weighted by molar-refractivity contribution is 7.91. The van der Waals surface area contributed by atoms with Crippen molar-refractivity contribution in [2.45, 2.75) is 107 Å². The first-order valence-corrected chi connectivity index (χ1v) is 18.9. The second-order valence-corrected chi connectivity index (χ2v) is 16.8. The molecule has 0 bridgehead atoms. The van der Waals surface area contributed by atoms with E-state index in [9.17, 15) is 36.8 Å². The number of rotatable bonds is 5. The van der Waals surface area contributed by atoms with Crippen molar-refractivity contribution in [1.82, 2.24) is 30.5 Å². The van der Waals surface area contributed by atoms with Crippen LogP contribution in [0.2, 0.25) is 0 Å². The lowest BCUT2D eigenvalue weighted by Gasteiger charge is -2.30. The summed E-state index contributed by atoms with van der Waals surface area (Å²) in [6.07, 6.45) is 2.62. The molecule has 1 aromatic rings. The molecule has 17 heteroatoms. The molecule has 0 spiro atoms. The number of hydrogen-bond acceptors (Lipinski definition) is 10. The maximum atomic E-state index is 14.4. The molecule has 0 unspecified atom stereocenters. The Bertz CT molecular complexity index is 1730. The molecule has 5 amide bonds. The van der Waals surface area contributed by atoms with Crippen molar-refractivity contribution in [3.63, 3.8) is 0 Å². The Balaban J connectivity index is 1.25. The summed E-state index contributed by atoms with van der Waals surface area (Å²) in [6.45, 7) is 5.77. The quantitative estimate of drug-likeness (QED) is 0.323. The number of sulfonamides is 1. The predicted octanol–water partition coefficient (Wildman–Crippen LogP) is 1.56. The molecule has 1 saturated heterocycles. The van der Waals surface area contributed by atoms with Gasteiger partial charge in [-0.05, 0) is 77.6 Å². The Kier molecular flexibility index (Phi) is 10.1. The van der Waals surface area contributed by atoms with Crippen LogP contribution in [0, 0.1) is 11.7 Å². The zero-order valence-electron chi connectivity index (χ0n) is 28.9. The van der Waals surface area contributed by atoms with Gasteiger partial charge in [-0.2, -0.15) is 0 Å². The van der Waals surface area contributed by atoms with Crippen LogP contribution in [-0.2, 0) is 47.0 Å². The fourth-order valence-corrected chi connectivity index (χ4v) is 8.16. The zero-order chi connectivity index (χ0) is 36.7. The molecule has 278 valence electrons. The summed E-state index contributed by atoms with van der Waals surface area (Å²) in [7, 11) is -3.93. The van der Waals surface area contributed by atoms with Crippen LogP contribution in [0.1, 0.15) is 70.4 Å². The minimum absolute atomic E-state index is 0.00863. The predicted molar refractivity (Wildman–Crippen MR) is 180 cm³/mol. The summed E-state index contributed by atoms with van der Waals surface area (Å²) in [6, 6.07) is 2.20. The van der Waals surface area contributed by atoms with Gasteiger partial charge in [-0.1, -0.05) is 24.3 Å². The van der Waals surface area contributed by atoms with Crippen molar-refractivity contribution in [2.24, 2.45) is 5.92 Å². The summed E-state index contributed by atoms with van der Waals surface area (Å²) in [5.41, 5.74) is -1.40. The minimum Gasteiger partial charge on any atom is -0.444 e. The Morgan fingerprint density at radius 2 is 1.84 bits per heavy atom. The van der Waals surface area contributed by atoms with Gasteiger partial charge in [0.1, 0.15) is 35.1 Å². The fourth-order valence-electron chi connectivity index (χ4n) is 6.79. The highest BCUT2D eigenvalue weighted by Gasteiger charge is 2.62. The lowest BCUT2D eigenvalue weighted by atomic mass is 10.1. The number of nitrogens with one attached hydrogen (secondary N) is 4. The molecule has 3 heterocycles. The van der Waals surface area contributed by atoms with Gasteiger partial charge in [0.25, 0.3) is 5.91 Å². The molecule has 1 aromatic carbocycles. The van der Waals surface area contributed by atoms with Crippen molar-refractivity contribution < 1.29 is 46.3 Å². The fraction of sp³-hybridized carbons (Fsp3) is 0.618. The first-order chi connectivity index (χ1) is 24.1. The molecular weight excluding hydrogens is 687 g/mol. The van der Waals surface area contributed by atoms with Gasteiger partial charge in [0.05, 0.1) is 18.3 Å². The molecule has 3 fully saturated rings. The van der Waals surface area contributed by atoms with Crippen LogP contribution in [0.3, 0.4) is 0 Å². The molecule has 15 nitrogen and oxygen atoms in total. The number of fused-ring (bicyclic) bond motifs is 3. The normalized spacial score (nSPS) is 28.9. The number of amides is 5. The van der Waals surface area contributed by atoms with Crippen molar-refractivity contribution >= 4 is 39.9 Å². The minimum atomic E-state index is -3.93. The molecule has 5 atom stereocenters. The molecule has 6 rings (SSSR count). The van der Waals surface area contributed by atoms with Crippen LogP contribution in [0.25, 0.3) is 0 Å². The molecule has 2 aliphatic carbocycles. The van der Waals surface area contributed by atoms with Gasteiger partial charge >= 0.3 is 12.2 Å². The molecule has 0 radical (unpaired) electrons. The molecule has 2 saturated carbocycles. The van der Waals surface area contributed by atoms with Gasteiger partial charge in [0.15, 0.2) is 0 Å². The second-order valence-electron chi connectivity index (χ2n) is 14.9. The number of carbonyl (C=O) groups excluding carboxylic acids is 5. The van der Waals surface area contributed by atoms with E-state index in [4.69, 9.17) is 9.47 Å². The van der Waals surface area contributed by atoms with Crippen LogP contribution >= 0.6 is 0 Å². The maximum Gasteiger partial charge on any atom is 0.410 e. The number of hydrogen-bond donors (Lipinski definition) is 4. The van der Waals surface area contributed by atoms with Gasteiger partial charge < -0.3 is 30.3 Å². The van der Waals surface area contributed by atoms with Crippen molar-refractivity contribution in [1.29, 1.82) is 0 Å².